The summed E-state index contributed by atoms with van der Waals surface area (Å²) in [5.74, 6) is 0.0827. The van der Waals surface area contributed by atoms with Crippen LogP contribution < -0.4 is 10.2 Å². The number of hydrogen-bond acceptors (Lipinski definition) is 2. The molecule has 3 rings (SSSR count). The third-order valence-electron chi connectivity index (χ3n) is 4.12. The molecule has 0 radical (unpaired) electrons. The van der Waals surface area contributed by atoms with Crippen molar-refractivity contribution in [3.63, 3.8) is 0 Å². The molecule has 1 N–H and O–H groups in total. The highest BCUT2D eigenvalue weighted by Gasteiger charge is 2.23. The zero-order valence-electron chi connectivity index (χ0n) is 13.5. The Balaban J connectivity index is 1.67. The molecule has 2 aromatic rings. The van der Waals surface area contributed by atoms with Crippen molar-refractivity contribution in [2.24, 2.45) is 0 Å². The molecule has 0 unspecified atom stereocenters. The van der Waals surface area contributed by atoms with E-state index in [1.165, 1.54) is 0 Å². The third-order valence-corrected chi connectivity index (χ3v) is 4.37. The molecule has 5 heteroatoms. The Morgan fingerprint density at radius 2 is 1.96 bits per heavy atom. The highest BCUT2D eigenvalue weighted by molar-refractivity contribution is 6.30. The molecule has 24 heavy (non-hydrogen) atoms. The van der Waals surface area contributed by atoms with Crippen molar-refractivity contribution in [3.05, 3.63) is 58.6 Å². The molecule has 0 aromatic heterocycles. The lowest BCUT2D eigenvalue weighted by Gasteiger charge is -2.19. The topological polar surface area (TPSA) is 49.4 Å². The fourth-order valence-electron chi connectivity index (χ4n) is 2.93. The van der Waals surface area contributed by atoms with Gasteiger partial charge in [0.05, 0.1) is 6.42 Å². The average Bonchev–Trinajstić information content (AvgIpc) is 2.96. The number of aryl methyl sites for hydroxylation is 1. The van der Waals surface area contributed by atoms with Gasteiger partial charge in [-0.1, -0.05) is 23.7 Å². The van der Waals surface area contributed by atoms with Crippen molar-refractivity contribution >= 4 is 34.8 Å². The van der Waals surface area contributed by atoms with E-state index in [0.717, 1.165) is 35.5 Å². The Morgan fingerprint density at radius 3 is 2.58 bits per heavy atom. The minimum atomic E-state index is -0.0817. The molecule has 1 aliphatic heterocycles. The van der Waals surface area contributed by atoms with Crippen LogP contribution in [-0.4, -0.2) is 18.4 Å². The van der Waals surface area contributed by atoms with E-state index in [1.54, 1.807) is 12.1 Å². The second-order valence-electron chi connectivity index (χ2n) is 6.00. The molecule has 1 saturated heterocycles. The van der Waals surface area contributed by atoms with Gasteiger partial charge in [0.2, 0.25) is 11.8 Å². The quantitative estimate of drug-likeness (QED) is 0.914. The summed E-state index contributed by atoms with van der Waals surface area (Å²) in [6.45, 7) is 2.72. The van der Waals surface area contributed by atoms with Crippen molar-refractivity contribution in [2.75, 3.05) is 16.8 Å². The molecule has 1 heterocycles. The van der Waals surface area contributed by atoms with Crippen LogP contribution in [0.15, 0.2) is 42.5 Å². The van der Waals surface area contributed by atoms with Gasteiger partial charge in [-0.3, -0.25) is 9.59 Å². The molecule has 2 amide bonds. The Kier molecular flexibility index (Phi) is 4.86. The second kappa shape index (κ2) is 7.05. The van der Waals surface area contributed by atoms with Gasteiger partial charge in [0.15, 0.2) is 0 Å². The van der Waals surface area contributed by atoms with Gasteiger partial charge in [0.1, 0.15) is 0 Å². The number of amides is 2. The van der Waals surface area contributed by atoms with Gasteiger partial charge in [0.25, 0.3) is 0 Å². The average molecular weight is 343 g/mol. The van der Waals surface area contributed by atoms with Gasteiger partial charge >= 0.3 is 0 Å². The van der Waals surface area contributed by atoms with Gasteiger partial charge in [-0.25, -0.2) is 0 Å². The normalized spacial score (nSPS) is 14.1. The largest absolute Gasteiger partial charge is 0.326 e. The maximum atomic E-state index is 12.2. The van der Waals surface area contributed by atoms with Crippen LogP contribution in [0.3, 0.4) is 0 Å². The van der Waals surface area contributed by atoms with Crippen molar-refractivity contribution in [1.82, 2.24) is 0 Å². The molecule has 1 aliphatic rings. The van der Waals surface area contributed by atoms with Gasteiger partial charge < -0.3 is 10.2 Å². The van der Waals surface area contributed by atoms with E-state index in [4.69, 9.17) is 11.6 Å². The number of halogens is 1. The molecule has 0 spiro atoms. The number of anilines is 2. The lowest BCUT2D eigenvalue weighted by atomic mass is 10.1. The summed E-state index contributed by atoms with van der Waals surface area (Å²) in [5, 5.41) is 3.55. The van der Waals surface area contributed by atoms with Crippen molar-refractivity contribution in [1.29, 1.82) is 0 Å². The van der Waals surface area contributed by atoms with Crippen LogP contribution in [0.2, 0.25) is 5.02 Å². The first-order valence-electron chi connectivity index (χ1n) is 7.98. The van der Waals surface area contributed by atoms with E-state index in [9.17, 15) is 9.59 Å². The third kappa shape index (κ3) is 3.77. The van der Waals surface area contributed by atoms with E-state index >= 15 is 0 Å². The molecular formula is C19H19ClN2O2. The smallest absolute Gasteiger partial charge is 0.228 e. The Labute approximate surface area is 146 Å². The Morgan fingerprint density at radius 1 is 1.21 bits per heavy atom. The maximum Gasteiger partial charge on any atom is 0.228 e. The monoisotopic (exact) mass is 342 g/mol. The summed E-state index contributed by atoms with van der Waals surface area (Å²) in [5.41, 5.74) is 3.55. The SMILES string of the molecule is Cc1cc(NC(=O)Cc2ccc(Cl)cc2)ccc1N1CCCC1=O. The summed E-state index contributed by atoms with van der Waals surface area (Å²) >= 11 is 5.85. The number of hydrogen-bond donors (Lipinski definition) is 1. The van der Waals surface area contributed by atoms with Crippen LogP contribution in [0.5, 0.6) is 0 Å². The van der Waals surface area contributed by atoms with Crippen LogP contribution in [0.1, 0.15) is 24.0 Å². The zero-order valence-corrected chi connectivity index (χ0v) is 14.3. The number of benzene rings is 2. The van der Waals surface area contributed by atoms with Gasteiger partial charge in [0, 0.05) is 29.4 Å². The Bertz CT molecular complexity index is 771. The van der Waals surface area contributed by atoms with E-state index in [0.29, 0.717) is 17.9 Å². The first-order chi connectivity index (χ1) is 11.5. The molecule has 4 nitrogen and oxygen atoms in total. The molecule has 2 aromatic carbocycles. The van der Waals surface area contributed by atoms with Crippen LogP contribution in [0, 0.1) is 6.92 Å². The van der Waals surface area contributed by atoms with Crippen molar-refractivity contribution < 1.29 is 9.59 Å². The minimum Gasteiger partial charge on any atom is -0.326 e. The fourth-order valence-corrected chi connectivity index (χ4v) is 3.06. The van der Waals surface area contributed by atoms with Crippen LogP contribution in [-0.2, 0) is 16.0 Å². The second-order valence-corrected chi connectivity index (χ2v) is 6.44. The number of rotatable bonds is 4. The summed E-state index contributed by atoms with van der Waals surface area (Å²) in [6, 6.07) is 12.9. The standard InChI is InChI=1S/C19H19ClN2O2/c1-13-11-16(8-9-17(13)22-10-2-3-19(22)24)21-18(23)12-14-4-6-15(20)7-5-14/h4-9,11H,2-3,10,12H2,1H3,(H,21,23). The van der Waals surface area contributed by atoms with Gasteiger partial charge in [-0.15, -0.1) is 0 Å². The predicted octanol–water partition coefficient (Wildman–Crippen LogP) is 3.96. The number of carbonyl (C=O) groups excluding carboxylic acids is 2. The molecule has 0 bridgehead atoms. The molecule has 0 aliphatic carbocycles. The van der Waals surface area contributed by atoms with Crippen LogP contribution in [0.25, 0.3) is 0 Å². The Hall–Kier alpha value is -2.33. The van der Waals surface area contributed by atoms with Crippen molar-refractivity contribution in [2.45, 2.75) is 26.2 Å². The summed E-state index contributed by atoms with van der Waals surface area (Å²) in [4.78, 5) is 25.8. The minimum absolute atomic E-state index is 0.0817. The van der Waals surface area contributed by atoms with Gasteiger partial charge in [-0.05, 0) is 54.8 Å². The first kappa shape index (κ1) is 16.5. The van der Waals surface area contributed by atoms with Crippen molar-refractivity contribution in [3.8, 4) is 0 Å². The fraction of sp³-hybridized carbons (Fsp3) is 0.263. The van der Waals surface area contributed by atoms with E-state index in [1.807, 2.05) is 42.2 Å². The maximum absolute atomic E-state index is 12.2. The molecule has 0 atom stereocenters. The highest BCUT2D eigenvalue weighted by atomic mass is 35.5. The number of carbonyl (C=O) groups is 2. The number of nitrogens with one attached hydrogen (secondary N) is 1. The van der Waals surface area contributed by atoms with E-state index in [2.05, 4.69) is 5.32 Å². The zero-order chi connectivity index (χ0) is 17.1. The van der Waals surface area contributed by atoms with Crippen LogP contribution in [0.4, 0.5) is 11.4 Å². The first-order valence-corrected chi connectivity index (χ1v) is 8.36. The van der Waals surface area contributed by atoms with Gasteiger partial charge in [-0.2, -0.15) is 0 Å². The molecule has 0 saturated carbocycles. The highest BCUT2D eigenvalue weighted by Crippen LogP contribution is 2.27. The number of nitrogens with zero attached hydrogens (tertiary/aromatic N) is 1. The predicted molar refractivity (Wildman–Crippen MR) is 96.6 cm³/mol. The lowest BCUT2D eigenvalue weighted by Crippen LogP contribution is -2.24. The molecular weight excluding hydrogens is 324 g/mol. The van der Waals surface area contributed by atoms with E-state index in [-0.39, 0.29) is 11.8 Å². The summed E-state index contributed by atoms with van der Waals surface area (Å²) in [7, 11) is 0. The van der Waals surface area contributed by atoms with Crippen LogP contribution >= 0.6 is 11.6 Å². The summed E-state index contributed by atoms with van der Waals surface area (Å²) < 4.78 is 0. The van der Waals surface area contributed by atoms with E-state index < -0.39 is 0 Å². The molecule has 124 valence electrons. The molecule has 1 fully saturated rings. The summed E-state index contributed by atoms with van der Waals surface area (Å²) in [6.07, 6.45) is 1.81. The lowest BCUT2D eigenvalue weighted by molar-refractivity contribution is -0.117.